The van der Waals surface area contributed by atoms with Crippen LogP contribution in [0.4, 0.5) is 0 Å². The number of nitrogens with two attached hydrogens (primary N) is 2. The monoisotopic (exact) mass is 254 g/mol. The van der Waals surface area contributed by atoms with Crippen LogP contribution in [-0.2, 0) is 44.5 Å². The van der Waals surface area contributed by atoms with Gasteiger partial charge in [-0.05, 0) is 0 Å². The fourth-order valence-corrected chi connectivity index (χ4v) is 0. The van der Waals surface area contributed by atoms with Gasteiger partial charge in [0.1, 0.15) is 0 Å². The van der Waals surface area contributed by atoms with Crippen molar-refractivity contribution in [2.45, 2.75) is 0 Å². The van der Waals surface area contributed by atoms with Crippen LogP contribution >= 0.6 is 0 Å². The average Bonchev–Trinajstić information content (AvgIpc) is 1.36. The first-order valence-corrected chi connectivity index (χ1v) is 2.33. The molecule has 0 rings (SSSR count). The summed E-state index contributed by atoms with van der Waals surface area (Å²) in [6.07, 6.45) is 0. The average molecular weight is 255 g/mol. The van der Waals surface area contributed by atoms with Crippen LogP contribution in [0.2, 0.25) is 0 Å². The van der Waals surface area contributed by atoms with E-state index in [1.165, 1.54) is 0 Å². The minimum absolute atomic E-state index is 0. The maximum atomic E-state index is 8.52. The van der Waals surface area contributed by atoms with E-state index >= 15 is 0 Å². The van der Waals surface area contributed by atoms with Gasteiger partial charge >= 0.3 is 34.1 Å². The van der Waals surface area contributed by atoms with Gasteiger partial charge in [0.2, 0.25) is 0 Å². The molecule has 0 spiro atoms. The van der Waals surface area contributed by atoms with Crippen molar-refractivity contribution in [2.75, 3.05) is 0 Å². The Balaban J connectivity index is -0.0000000286. The first kappa shape index (κ1) is 22.5. The summed E-state index contributed by atoms with van der Waals surface area (Å²) >= 11 is 0. The van der Waals surface area contributed by atoms with Crippen molar-refractivity contribution in [3.63, 3.8) is 0 Å². The van der Waals surface area contributed by atoms with Crippen molar-refractivity contribution >= 4 is 10.4 Å². The van der Waals surface area contributed by atoms with Gasteiger partial charge in [0.05, 0.1) is 0 Å². The summed E-state index contributed by atoms with van der Waals surface area (Å²) in [6, 6.07) is 0. The Morgan fingerprint density at radius 1 is 1.11 bits per heavy atom. The van der Waals surface area contributed by atoms with Gasteiger partial charge in [0.15, 0.2) is 0 Å². The molecule has 0 saturated heterocycles. The van der Waals surface area contributed by atoms with E-state index in [1.54, 1.807) is 0 Å². The molecule has 65 valence electrons. The summed E-state index contributed by atoms with van der Waals surface area (Å²) in [7, 11) is -5.17. The predicted molar refractivity (Wildman–Crippen MR) is 18.8 cm³/mol. The van der Waals surface area contributed by atoms with Crippen LogP contribution in [0.1, 0.15) is 0 Å². The molecule has 1 radical (unpaired) electrons. The molecule has 0 aliphatic carbocycles. The fourth-order valence-electron chi connectivity index (χ4n) is 0. The molecule has 0 saturated carbocycles. The summed E-state index contributed by atoms with van der Waals surface area (Å²) in [6.45, 7) is 0. The summed E-state index contributed by atoms with van der Waals surface area (Å²) < 4.78 is 34.1. The molecule has 0 heterocycles. The topological polar surface area (TPSA) is 132 Å². The van der Waals surface area contributed by atoms with E-state index in [2.05, 4.69) is 11.7 Å². The van der Waals surface area contributed by atoms with E-state index < -0.39 is 10.4 Å². The van der Waals surface area contributed by atoms with Gasteiger partial charge in [-0.3, -0.25) is 20.1 Å². The molecular weight excluding hydrogens is 251 g/mol. The second kappa shape index (κ2) is 11.6. The number of hydrazine groups is 1. The van der Waals surface area contributed by atoms with Crippen molar-refractivity contribution in [3.8, 4) is 0 Å². The van der Waals surface area contributed by atoms with Gasteiger partial charge in [0, 0.05) is 10.4 Å². The Morgan fingerprint density at radius 2 is 1.11 bits per heavy atom. The van der Waals surface area contributed by atoms with Crippen molar-refractivity contribution in [1.82, 2.24) is 0 Å². The molecule has 0 aromatic carbocycles. The third-order valence-electron chi connectivity index (χ3n) is 0. The molecule has 0 aromatic rings. The number of hydrogen-bond acceptors (Lipinski definition) is 6. The maximum Gasteiger partial charge on any atom is 2.00 e. The van der Waals surface area contributed by atoms with Crippen molar-refractivity contribution in [2.24, 2.45) is 11.7 Å². The zero-order valence-electron chi connectivity index (χ0n) is 3.80. The Morgan fingerprint density at radius 3 is 1.11 bits per heavy atom. The SMILES string of the molecule is NN.O=S(=O)([O-])[O-].[Cu+2].[Cu+]. The smallest absolute Gasteiger partial charge is 0.759 e. The van der Waals surface area contributed by atoms with Gasteiger partial charge in [-0.2, -0.15) is 0 Å². The van der Waals surface area contributed by atoms with Crippen molar-refractivity contribution in [3.05, 3.63) is 0 Å². The predicted octanol–water partition coefficient (Wildman–Crippen LogP) is -2.52. The molecule has 0 aliphatic rings. The quantitative estimate of drug-likeness (QED) is 0.161. The summed E-state index contributed by atoms with van der Waals surface area (Å²) in [5.74, 6) is 8.00. The number of rotatable bonds is 0. The Labute approximate surface area is 73.9 Å². The molecule has 0 aliphatic heterocycles. The molecule has 4 N–H and O–H groups in total. The van der Waals surface area contributed by atoms with Gasteiger partial charge in [-0.15, -0.1) is 0 Å². The third kappa shape index (κ3) is 599. The molecule has 0 atom stereocenters. The maximum absolute atomic E-state index is 8.52. The van der Waals surface area contributed by atoms with Crippen LogP contribution in [0, 0.1) is 0 Å². The summed E-state index contributed by atoms with van der Waals surface area (Å²) in [5.41, 5.74) is 0. The minimum atomic E-state index is -5.17. The van der Waals surface area contributed by atoms with E-state index in [9.17, 15) is 0 Å². The zero-order valence-corrected chi connectivity index (χ0v) is 6.50. The Kier molecular flexibility index (Phi) is 29.1. The van der Waals surface area contributed by atoms with Crippen LogP contribution in [0.3, 0.4) is 0 Å². The zero-order chi connectivity index (χ0) is 6.50. The third-order valence-corrected chi connectivity index (χ3v) is 0. The molecule has 0 fully saturated rings. The minimum Gasteiger partial charge on any atom is -0.759 e. The van der Waals surface area contributed by atoms with Gasteiger partial charge in [-0.1, -0.05) is 0 Å². The first-order chi connectivity index (χ1) is 3.00. The van der Waals surface area contributed by atoms with E-state index in [0.29, 0.717) is 0 Å². The number of hydrogen-bond donors (Lipinski definition) is 2. The molecule has 0 bridgehead atoms. The van der Waals surface area contributed by atoms with Gasteiger partial charge in [-0.25, -0.2) is 0 Å². The van der Waals surface area contributed by atoms with Crippen molar-refractivity contribution in [1.29, 1.82) is 0 Å². The molecule has 0 aromatic heterocycles. The standard InChI is InChI=1S/2Cu.H4N2.H2O4S/c;;1-2;1-5(2,3)4/h;;1-2H2;(H2,1,2,3,4)/q+1;+2;;/p-2. The van der Waals surface area contributed by atoms with E-state index in [1.807, 2.05) is 0 Å². The Bertz CT molecular complexity index is 99.7. The van der Waals surface area contributed by atoms with Crippen LogP contribution in [-0.4, -0.2) is 17.5 Å². The van der Waals surface area contributed by atoms with Crippen LogP contribution in [0.5, 0.6) is 0 Å². The van der Waals surface area contributed by atoms with E-state index in [0.717, 1.165) is 0 Å². The van der Waals surface area contributed by atoms with E-state index in [4.69, 9.17) is 17.5 Å². The second-order valence-corrected chi connectivity index (χ2v) is 1.22. The molecule has 9 heteroatoms. The molecular formula is H4Cu2N2O4S+. The Hall–Kier alpha value is 0.829. The van der Waals surface area contributed by atoms with Gasteiger partial charge < -0.3 is 9.11 Å². The second-order valence-electron chi connectivity index (χ2n) is 0.408. The fraction of sp³-hybridized carbons (Fsp3) is 0. The largest absolute Gasteiger partial charge is 2.00 e. The van der Waals surface area contributed by atoms with Gasteiger partial charge in [0.25, 0.3) is 0 Å². The molecule has 6 nitrogen and oxygen atoms in total. The van der Waals surface area contributed by atoms with Crippen LogP contribution in [0.15, 0.2) is 0 Å². The normalized spacial score (nSPS) is 7.11. The summed E-state index contributed by atoms with van der Waals surface area (Å²) in [4.78, 5) is 0. The first-order valence-electron chi connectivity index (χ1n) is 1.00. The molecule has 0 unspecified atom stereocenters. The molecule has 0 amide bonds. The van der Waals surface area contributed by atoms with Crippen LogP contribution in [0.25, 0.3) is 0 Å². The van der Waals surface area contributed by atoms with Crippen molar-refractivity contribution < 1.29 is 51.7 Å². The van der Waals surface area contributed by atoms with E-state index in [-0.39, 0.29) is 34.1 Å². The van der Waals surface area contributed by atoms with Crippen LogP contribution < -0.4 is 11.7 Å². The molecule has 9 heavy (non-hydrogen) atoms. The summed E-state index contributed by atoms with van der Waals surface area (Å²) in [5, 5.41) is 0.